The predicted octanol–water partition coefficient (Wildman–Crippen LogP) is 4.41. The molecule has 20 heavy (non-hydrogen) atoms. The molecule has 0 spiro atoms. The van der Waals surface area contributed by atoms with Crippen LogP contribution in [0.2, 0.25) is 0 Å². The van der Waals surface area contributed by atoms with E-state index in [1.165, 1.54) is 15.6 Å². The summed E-state index contributed by atoms with van der Waals surface area (Å²) in [6, 6.07) is 12.2. The Morgan fingerprint density at radius 2 is 2.10 bits per heavy atom. The fourth-order valence-corrected chi connectivity index (χ4v) is 3.29. The molecule has 4 rings (SSSR count). The van der Waals surface area contributed by atoms with E-state index in [-0.39, 0.29) is 0 Å². The molecule has 2 aliphatic rings. The summed E-state index contributed by atoms with van der Waals surface area (Å²) in [6.45, 7) is 0. The number of hydrogen-bond acceptors (Lipinski definition) is 3. The van der Waals surface area contributed by atoms with Crippen molar-refractivity contribution in [3.05, 3.63) is 41.8 Å². The van der Waals surface area contributed by atoms with E-state index in [1.54, 1.807) is 18.4 Å². The highest BCUT2D eigenvalue weighted by Gasteiger charge is 2.17. The van der Waals surface area contributed by atoms with Gasteiger partial charge in [0.1, 0.15) is 11.6 Å². The summed E-state index contributed by atoms with van der Waals surface area (Å²) in [7, 11) is 1.67. The van der Waals surface area contributed by atoms with Crippen molar-refractivity contribution in [3.8, 4) is 17.0 Å². The number of aromatic amines is 2. The number of thiophene rings is 1. The van der Waals surface area contributed by atoms with E-state index < -0.39 is 0 Å². The molecule has 2 heterocycles. The second-order valence-electron chi connectivity index (χ2n) is 4.61. The van der Waals surface area contributed by atoms with Gasteiger partial charge in [-0.25, -0.2) is 0 Å². The first-order chi connectivity index (χ1) is 9.85. The molecule has 1 aromatic heterocycles. The molecular formula is C15H13N3OS. The second-order valence-corrected chi connectivity index (χ2v) is 5.56. The Morgan fingerprint density at radius 1 is 1.15 bits per heavy atom. The van der Waals surface area contributed by atoms with E-state index in [0.717, 1.165) is 22.9 Å². The Kier molecular flexibility index (Phi) is 2.47. The number of benzene rings is 1. The van der Waals surface area contributed by atoms with Crippen molar-refractivity contribution in [2.75, 3.05) is 12.4 Å². The minimum Gasteiger partial charge on any atom is -0.497 e. The van der Waals surface area contributed by atoms with Crippen molar-refractivity contribution >= 4 is 32.9 Å². The predicted molar refractivity (Wildman–Crippen MR) is 83.4 cm³/mol. The van der Waals surface area contributed by atoms with E-state index in [0.29, 0.717) is 0 Å². The molecule has 3 N–H and O–H groups in total. The van der Waals surface area contributed by atoms with Crippen molar-refractivity contribution in [2.45, 2.75) is 0 Å². The molecule has 0 bridgehead atoms. The van der Waals surface area contributed by atoms with Gasteiger partial charge < -0.3 is 10.1 Å². The van der Waals surface area contributed by atoms with Crippen LogP contribution in [-0.4, -0.2) is 17.3 Å². The summed E-state index contributed by atoms with van der Waals surface area (Å²) in [5.74, 6) is 1.81. The van der Waals surface area contributed by atoms with E-state index in [9.17, 15) is 0 Å². The fourth-order valence-electron chi connectivity index (χ4n) is 2.46. The summed E-state index contributed by atoms with van der Waals surface area (Å²) < 4.78 is 6.54. The molecule has 4 nitrogen and oxygen atoms in total. The Labute approximate surface area is 119 Å². The number of nitrogens with one attached hydrogen (secondary N) is 3. The average molecular weight is 283 g/mol. The highest BCUT2D eigenvalue weighted by molar-refractivity contribution is 7.17. The minimum absolute atomic E-state index is 0.838. The lowest BCUT2D eigenvalue weighted by Crippen LogP contribution is -1.92. The van der Waals surface area contributed by atoms with Crippen LogP contribution in [0.5, 0.6) is 5.75 Å². The van der Waals surface area contributed by atoms with Gasteiger partial charge in [-0.1, -0.05) is 6.07 Å². The molecule has 0 saturated carbocycles. The number of hydrogen-bond donors (Lipinski definition) is 3. The number of fused-ring (bicyclic) bond motifs is 3. The summed E-state index contributed by atoms with van der Waals surface area (Å²) in [4.78, 5) is 0. The van der Waals surface area contributed by atoms with Gasteiger partial charge in [0, 0.05) is 27.4 Å². The van der Waals surface area contributed by atoms with Gasteiger partial charge in [-0.2, -0.15) is 0 Å². The van der Waals surface area contributed by atoms with Gasteiger partial charge in [-0.15, -0.1) is 11.3 Å². The van der Waals surface area contributed by atoms with Crippen LogP contribution in [0.4, 0.5) is 11.5 Å². The van der Waals surface area contributed by atoms with Crippen molar-refractivity contribution in [1.82, 2.24) is 10.2 Å². The molecule has 1 aliphatic heterocycles. The van der Waals surface area contributed by atoms with E-state index >= 15 is 0 Å². The fraction of sp³-hybridized carbons (Fsp3) is 0.0667. The molecule has 1 aromatic carbocycles. The average Bonchev–Trinajstić information content (AvgIpc) is 3.13. The van der Waals surface area contributed by atoms with E-state index in [1.807, 2.05) is 24.3 Å². The molecule has 0 radical (unpaired) electrons. The van der Waals surface area contributed by atoms with Crippen LogP contribution >= 0.6 is 11.3 Å². The van der Waals surface area contributed by atoms with Gasteiger partial charge in [-0.05, 0) is 29.6 Å². The summed E-state index contributed by atoms with van der Waals surface area (Å²) in [5, 5.41) is 13.2. The van der Waals surface area contributed by atoms with Gasteiger partial charge in [0.25, 0.3) is 0 Å². The number of methoxy groups -OCH3 is 1. The summed E-state index contributed by atoms with van der Waals surface area (Å²) in [6.07, 6.45) is 0. The maximum Gasteiger partial charge on any atom is 0.132 e. The molecule has 2 aromatic rings. The molecule has 5 heteroatoms. The second kappa shape index (κ2) is 4.31. The van der Waals surface area contributed by atoms with Gasteiger partial charge in [0.2, 0.25) is 0 Å². The quantitative estimate of drug-likeness (QED) is 0.521. The Hall–Kier alpha value is -2.40. The largest absolute Gasteiger partial charge is 0.497 e. The maximum absolute atomic E-state index is 5.24. The number of H-pyrrole nitrogens is 2. The Morgan fingerprint density at radius 3 is 3.00 bits per heavy atom. The Balaban J connectivity index is 1.73. The monoisotopic (exact) mass is 283 g/mol. The van der Waals surface area contributed by atoms with Crippen LogP contribution < -0.4 is 10.1 Å². The number of aromatic nitrogens is 2. The lowest BCUT2D eigenvalue weighted by Gasteiger charge is -2.06. The molecule has 1 aliphatic carbocycles. The first kappa shape index (κ1) is 11.4. The molecule has 100 valence electrons. The lowest BCUT2D eigenvalue weighted by atomic mass is 10.2. The molecular weight excluding hydrogens is 270 g/mol. The summed E-state index contributed by atoms with van der Waals surface area (Å²) in [5.41, 5.74) is 3.31. The van der Waals surface area contributed by atoms with Gasteiger partial charge >= 0.3 is 0 Å². The van der Waals surface area contributed by atoms with Crippen LogP contribution in [0.25, 0.3) is 21.3 Å². The molecule has 0 atom stereocenters. The molecule has 0 amide bonds. The van der Waals surface area contributed by atoms with Crippen LogP contribution in [-0.2, 0) is 0 Å². The smallest absolute Gasteiger partial charge is 0.132 e. The SMILES string of the molecule is COc1cccc(Nc2[nH][nH]c3c4ccsc4cc2-3)c1. The third-order valence-electron chi connectivity index (χ3n) is 3.43. The number of ether oxygens (including phenoxy) is 1. The van der Waals surface area contributed by atoms with Crippen molar-refractivity contribution in [3.63, 3.8) is 0 Å². The van der Waals surface area contributed by atoms with Crippen LogP contribution in [0, 0.1) is 0 Å². The highest BCUT2D eigenvalue weighted by Crippen LogP contribution is 2.40. The number of anilines is 2. The van der Waals surface area contributed by atoms with Crippen LogP contribution in [0.1, 0.15) is 0 Å². The maximum atomic E-state index is 5.24. The number of rotatable bonds is 3. The first-order valence-corrected chi connectivity index (χ1v) is 7.20. The zero-order valence-corrected chi connectivity index (χ0v) is 11.7. The van der Waals surface area contributed by atoms with Crippen molar-refractivity contribution < 1.29 is 4.74 Å². The highest BCUT2D eigenvalue weighted by atomic mass is 32.1. The topological polar surface area (TPSA) is 52.8 Å². The zero-order chi connectivity index (χ0) is 13.5. The third kappa shape index (κ3) is 1.67. The van der Waals surface area contributed by atoms with E-state index in [2.05, 4.69) is 33.0 Å². The van der Waals surface area contributed by atoms with E-state index in [4.69, 9.17) is 4.74 Å². The van der Waals surface area contributed by atoms with Gasteiger partial charge in [0.05, 0.1) is 12.8 Å². The molecule has 0 fully saturated rings. The lowest BCUT2D eigenvalue weighted by molar-refractivity contribution is 0.415. The van der Waals surface area contributed by atoms with Gasteiger partial charge in [-0.3, -0.25) is 10.2 Å². The summed E-state index contributed by atoms with van der Waals surface area (Å²) >= 11 is 1.76. The van der Waals surface area contributed by atoms with Crippen molar-refractivity contribution in [2.24, 2.45) is 0 Å². The Bertz CT molecular complexity index is 842. The van der Waals surface area contributed by atoms with Crippen molar-refractivity contribution in [1.29, 1.82) is 0 Å². The zero-order valence-electron chi connectivity index (χ0n) is 10.9. The third-order valence-corrected chi connectivity index (χ3v) is 4.29. The van der Waals surface area contributed by atoms with Gasteiger partial charge in [0.15, 0.2) is 0 Å². The van der Waals surface area contributed by atoms with Crippen LogP contribution in [0.15, 0.2) is 41.8 Å². The van der Waals surface area contributed by atoms with Crippen LogP contribution in [0.3, 0.4) is 0 Å². The normalized spacial score (nSPS) is 11.2. The molecule has 0 unspecified atom stereocenters. The standard InChI is InChI=1S/C15H13N3OS/c1-19-10-4-2-3-9(7-10)16-15-12-8-13-11(5-6-20-13)14(12)17-18-15/h2-8,16-18H,1H3. The first-order valence-electron chi connectivity index (χ1n) is 6.32. The molecule has 0 saturated heterocycles. The minimum atomic E-state index is 0.838.